The number of nitrogens with zero attached hydrogens (tertiary/aromatic N) is 1. The fourth-order valence-electron chi connectivity index (χ4n) is 1.23. The largest absolute Gasteiger partial charge is 0.434 e. The van der Waals surface area contributed by atoms with Gasteiger partial charge in [-0.05, 0) is 12.1 Å². The minimum absolute atomic E-state index is 0.203. The first-order valence-electron chi connectivity index (χ1n) is 4.89. The fraction of sp³-hybridized carbons (Fsp3) is 0.100. The molecule has 0 unspecified atom stereocenters. The lowest BCUT2D eigenvalue weighted by atomic mass is 10.3. The number of hydrogen-bond acceptors (Lipinski definition) is 4. The Morgan fingerprint density at radius 3 is 2.74 bits per heavy atom. The lowest BCUT2D eigenvalue weighted by molar-refractivity contribution is -0.140. The summed E-state index contributed by atoms with van der Waals surface area (Å²) in [6.07, 6.45) is -3.23. The number of thiazole rings is 1. The normalized spacial score (nSPS) is 11.3. The van der Waals surface area contributed by atoms with E-state index in [-0.39, 0.29) is 10.7 Å². The molecule has 2 heterocycles. The Balaban J connectivity index is 2.19. The van der Waals surface area contributed by atoms with Crippen LogP contribution in [0.4, 0.5) is 18.3 Å². The van der Waals surface area contributed by atoms with E-state index >= 15 is 0 Å². The molecule has 0 aliphatic rings. The zero-order valence-electron chi connectivity index (χ0n) is 9.12. The molecule has 0 aromatic carbocycles. The van der Waals surface area contributed by atoms with Gasteiger partial charge in [0.1, 0.15) is 5.56 Å². The van der Waals surface area contributed by atoms with Crippen LogP contribution in [0.2, 0.25) is 0 Å². The molecule has 2 rings (SSSR count). The molecule has 0 aliphatic heterocycles. The van der Waals surface area contributed by atoms with E-state index in [0.29, 0.717) is 11.3 Å². The second-order valence-corrected chi connectivity index (χ2v) is 4.26. The van der Waals surface area contributed by atoms with E-state index in [2.05, 4.69) is 15.3 Å². The Bertz CT molecular complexity index is 662. The van der Waals surface area contributed by atoms with Crippen molar-refractivity contribution in [2.45, 2.75) is 6.18 Å². The molecule has 2 aromatic rings. The number of hydrogen-bond donors (Lipinski definition) is 2. The first-order chi connectivity index (χ1) is 8.88. The first-order valence-corrected chi connectivity index (χ1v) is 5.77. The van der Waals surface area contributed by atoms with Gasteiger partial charge in [-0.1, -0.05) is 0 Å². The number of anilines is 1. The summed E-state index contributed by atoms with van der Waals surface area (Å²) >= 11 is 0.630. The average Bonchev–Trinajstić information content (AvgIpc) is 2.77. The monoisotopic (exact) mass is 289 g/mol. The Morgan fingerprint density at radius 2 is 2.16 bits per heavy atom. The molecule has 5 nitrogen and oxygen atoms in total. The zero-order chi connectivity index (χ0) is 14.0. The number of H-pyrrole nitrogens is 1. The second kappa shape index (κ2) is 4.84. The number of halogens is 3. The fourth-order valence-corrected chi connectivity index (χ4v) is 1.94. The van der Waals surface area contributed by atoms with Gasteiger partial charge in [0, 0.05) is 11.6 Å². The van der Waals surface area contributed by atoms with Crippen LogP contribution < -0.4 is 10.9 Å². The molecule has 19 heavy (non-hydrogen) atoms. The summed E-state index contributed by atoms with van der Waals surface area (Å²) in [5.74, 6) is -0.815. The molecule has 2 aromatic heterocycles. The van der Waals surface area contributed by atoms with Crippen LogP contribution in [0.15, 0.2) is 28.5 Å². The lowest BCUT2D eigenvalue weighted by Crippen LogP contribution is -2.22. The SMILES string of the molecule is O=C(Nc1nc(C(F)(F)F)cs1)c1ccc[nH]c1=O. The number of aromatic nitrogens is 2. The number of carbonyl (C=O) groups excluding carboxylic acids is 1. The van der Waals surface area contributed by atoms with Crippen LogP contribution in [0, 0.1) is 0 Å². The molecule has 100 valence electrons. The van der Waals surface area contributed by atoms with Gasteiger partial charge in [-0.25, -0.2) is 4.98 Å². The number of carbonyl (C=O) groups is 1. The van der Waals surface area contributed by atoms with Gasteiger partial charge in [-0.2, -0.15) is 13.2 Å². The van der Waals surface area contributed by atoms with E-state index in [1.807, 2.05) is 0 Å². The van der Waals surface area contributed by atoms with Crippen LogP contribution in [0.5, 0.6) is 0 Å². The first kappa shape index (κ1) is 13.3. The van der Waals surface area contributed by atoms with Crippen molar-refractivity contribution in [3.05, 3.63) is 45.3 Å². The van der Waals surface area contributed by atoms with Gasteiger partial charge in [0.15, 0.2) is 10.8 Å². The third kappa shape index (κ3) is 2.99. The molecular formula is C10H6F3N3O2S. The van der Waals surface area contributed by atoms with Gasteiger partial charge in [-0.3, -0.25) is 14.9 Å². The standard InChI is InChI=1S/C10H6F3N3O2S/c11-10(12,13)6-4-19-9(15-6)16-8(18)5-2-1-3-14-7(5)17/h1-4H,(H,14,17)(H,15,16,18). The van der Waals surface area contributed by atoms with Gasteiger partial charge in [0.25, 0.3) is 11.5 Å². The molecule has 0 bridgehead atoms. The van der Waals surface area contributed by atoms with Crippen molar-refractivity contribution in [3.8, 4) is 0 Å². The van der Waals surface area contributed by atoms with E-state index in [4.69, 9.17) is 0 Å². The number of alkyl halides is 3. The Kier molecular flexibility index (Phi) is 3.38. The van der Waals surface area contributed by atoms with Crippen LogP contribution in [-0.4, -0.2) is 15.9 Å². The van der Waals surface area contributed by atoms with Crippen molar-refractivity contribution < 1.29 is 18.0 Å². The van der Waals surface area contributed by atoms with Crippen molar-refractivity contribution in [2.75, 3.05) is 5.32 Å². The molecule has 0 saturated carbocycles. The summed E-state index contributed by atoms with van der Waals surface area (Å²) in [6.45, 7) is 0. The number of amides is 1. The summed E-state index contributed by atoms with van der Waals surface area (Å²) < 4.78 is 36.9. The van der Waals surface area contributed by atoms with E-state index in [1.165, 1.54) is 18.3 Å². The Morgan fingerprint density at radius 1 is 1.42 bits per heavy atom. The van der Waals surface area contributed by atoms with E-state index < -0.39 is 23.3 Å². The topological polar surface area (TPSA) is 74.8 Å². The van der Waals surface area contributed by atoms with E-state index in [9.17, 15) is 22.8 Å². The third-order valence-electron chi connectivity index (χ3n) is 2.08. The zero-order valence-corrected chi connectivity index (χ0v) is 9.93. The van der Waals surface area contributed by atoms with Crippen molar-refractivity contribution >= 4 is 22.4 Å². The number of nitrogens with one attached hydrogen (secondary N) is 2. The number of rotatable bonds is 2. The smallest absolute Gasteiger partial charge is 0.328 e. The highest BCUT2D eigenvalue weighted by atomic mass is 32.1. The minimum atomic E-state index is -4.57. The lowest BCUT2D eigenvalue weighted by Gasteiger charge is -2.01. The predicted octanol–water partition coefficient (Wildman–Crippen LogP) is 2.10. The molecule has 0 radical (unpaired) electrons. The molecule has 2 N–H and O–H groups in total. The minimum Gasteiger partial charge on any atom is -0.328 e. The molecular weight excluding hydrogens is 283 g/mol. The highest BCUT2D eigenvalue weighted by Gasteiger charge is 2.33. The van der Waals surface area contributed by atoms with Crippen molar-refractivity contribution in [1.29, 1.82) is 0 Å². The summed E-state index contributed by atoms with van der Waals surface area (Å²) in [5, 5.41) is 2.70. The summed E-state index contributed by atoms with van der Waals surface area (Å²) in [7, 11) is 0. The van der Waals surface area contributed by atoms with Crippen LogP contribution in [0.3, 0.4) is 0 Å². The average molecular weight is 289 g/mol. The maximum Gasteiger partial charge on any atom is 0.434 e. The van der Waals surface area contributed by atoms with Crippen molar-refractivity contribution in [1.82, 2.24) is 9.97 Å². The highest BCUT2D eigenvalue weighted by Crippen LogP contribution is 2.31. The highest BCUT2D eigenvalue weighted by molar-refractivity contribution is 7.14. The Labute approximate surface area is 108 Å². The van der Waals surface area contributed by atoms with Crippen molar-refractivity contribution in [3.63, 3.8) is 0 Å². The summed E-state index contributed by atoms with van der Waals surface area (Å²) in [5.41, 5.74) is -1.92. The molecule has 0 spiro atoms. The molecule has 0 atom stereocenters. The van der Waals surface area contributed by atoms with Crippen LogP contribution >= 0.6 is 11.3 Å². The van der Waals surface area contributed by atoms with Crippen molar-refractivity contribution in [2.24, 2.45) is 0 Å². The molecule has 0 fully saturated rings. The molecule has 9 heteroatoms. The van der Waals surface area contributed by atoms with Gasteiger partial charge >= 0.3 is 6.18 Å². The quantitative estimate of drug-likeness (QED) is 0.889. The van der Waals surface area contributed by atoms with Gasteiger partial charge in [0.2, 0.25) is 0 Å². The van der Waals surface area contributed by atoms with Gasteiger partial charge < -0.3 is 4.98 Å². The molecule has 0 aliphatic carbocycles. The predicted molar refractivity (Wildman–Crippen MR) is 62.1 cm³/mol. The van der Waals surface area contributed by atoms with Crippen LogP contribution in [-0.2, 0) is 6.18 Å². The molecule has 1 amide bonds. The maximum absolute atomic E-state index is 12.3. The van der Waals surface area contributed by atoms with Crippen LogP contribution in [0.1, 0.15) is 16.1 Å². The summed E-state index contributed by atoms with van der Waals surface area (Å²) in [4.78, 5) is 28.5. The second-order valence-electron chi connectivity index (χ2n) is 3.40. The van der Waals surface area contributed by atoms with E-state index in [0.717, 1.165) is 5.38 Å². The molecule has 0 saturated heterocycles. The summed E-state index contributed by atoms with van der Waals surface area (Å²) in [6, 6.07) is 2.69. The Hall–Kier alpha value is -2.16. The van der Waals surface area contributed by atoms with Gasteiger partial charge in [0.05, 0.1) is 0 Å². The van der Waals surface area contributed by atoms with E-state index in [1.54, 1.807) is 0 Å². The maximum atomic E-state index is 12.3. The van der Waals surface area contributed by atoms with Crippen LogP contribution in [0.25, 0.3) is 0 Å². The number of pyridine rings is 1. The third-order valence-corrected chi connectivity index (χ3v) is 2.84. The number of aromatic amines is 1. The van der Waals surface area contributed by atoms with Gasteiger partial charge in [-0.15, -0.1) is 11.3 Å².